The smallest absolute Gasteiger partial charge is 0.308 e. The van der Waals surface area contributed by atoms with Crippen molar-refractivity contribution in [2.75, 3.05) is 6.61 Å². The zero-order valence-electron chi connectivity index (χ0n) is 13.7. The summed E-state index contributed by atoms with van der Waals surface area (Å²) in [5.74, 6) is -0.775. The molecule has 0 heterocycles. The Balaban J connectivity index is 3.63. The van der Waals surface area contributed by atoms with Gasteiger partial charge in [-0.2, -0.15) is 0 Å². The molecule has 1 unspecified atom stereocenters. The number of unbranched alkanes of at least 4 members (excludes halogenated alkanes) is 6. The first-order chi connectivity index (χ1) is 10.1. The van der Waals surface area contributed by atoms with E-state index in [9.17, 15) is 9.59 Å². The lowest BCUT2D eigenvalue weighted by atomic mass is 9.98. The van der Waals surface area contributed by atoms with E-state index in [1.54, 1.807) is 0 Å². The van der Waals surface area contributed by atoms with Gasteiger partial charge in [0.2, 0.25) is 0 Å². The number of carboxylic acid groups (broad SMARTS) is 1. The Bertz CT molecular complexity index is 276. The third-order valence-corrected chi connectivity index (χ3v) is 3.76. The van der Waals surface area contributed by atoms with E-state index in [1.165, 1.54) is 12.8 Å². The Kier molecular flexibility index (Phi) is 13.2. The van der Waals surface area contributed by atoms with Crippen LogP contribution in [0.5, 0.6) is 0 Å². The van der Waals surface area contributed by atoms with Crippen LogP contribution in [0.1, 0.15) is 84.5 Å². The fraction of sp³-hybridized carbons (Fsp3) is 0.882. The monoisotopic (exact) mass is 300 g/mol. The number of rotatable bonds is 14. The molecule has 0 aliphatic carbocycles. The van der Waals surface area contributed by atoms with Gasteiger partial charge in [-0.15, -0.1) is 0 Å². The number of esters is 1. The van der Waals surface area contributed by atoms with Crippen molar-refractivity contribution in [2.45, 2.75) is 84.5 Å². The Morgan fingerprint density at radius 2 is 1.62 bits per heavy atom. The van der Waals surface area contributed by atoms with Crippen LogP contribution in [0.15, 0.2) is 0 Å². The maximum absolute atomic E-state index is 11.9. The second-order valence-electron chi connectivity index (χ2n) is 5.68. The maximum Gasteiger partial charge on any atom is 0.308 e. The normalized spacial score (nSPS) is 12.1. The van der Waals surface area contributed by atoms with Crippen LogP contribution in [0, 0.1) is 5.92 Å². The summed E-state index contributed by atoms with van der Waals surface area (Å²) < 4.78 is 5.33. The van der Waals surface area contributed by atoms with Crippen molar-refractivity contribution in [2.24, 2.45) is 5.92 Å². The summed E-state index contributed by atoms with van der Waals surface area (Å²) in [5, 5.41) is 8.54. The van der Waals surface area contributed by atoms with Gasteiger partial charge < -0.3 is 9.84 Å². The first-order valence-electron chi connectivity index (χ1n) is 8.50. The molecule has 0 radical (unpaired) electrons. The number of hydrogen-bond acceptors (Lipinski definition) is 3. The van der Waals surface area contributed by atoms with E-state index in [-0.39, 0.29) is 18.3 Å². The van der Waals surface area contributed by atoms with Crippen LogP contribution in [0.3, 0.4) is 0 Å². The molecule has 0 aliphatic rings. The number of carbonyl (C=O) groups is 2. The van der Waals surface area contributed by atoms with Crippen molar-refractivity contribution in [1.82, 2.24) is 0 Å². The van der Waals surface area contributed by atoms with Gasteiger partial charge in [-0.1, -0.05) is 52.4 Å². The summed E-state index contributed by atoms with van der Waals surface area (Å²) >= 11 is 0. The molecule has 1 atom stereocenters. The molecule has 0 aromatic heterocycles. The van der Waals surface area contributed by atoms with Crippen LogP contribution in [0.2, 0.25) is 0 Å². The van der Waals surface area contributed by atoms with Crippen LogP contribution in [0.4, 0.5) is 0 Å². The van der Waals surface area contributed by atoms with Gasteiger partial charge in [0.25, 0.3) is 0 Å². The molecule has 0 aliphatic heterocycles. The topological polar surface area (TPSA) is 63.6 Å². The second kappa shape index (κ2) is 13.9. The lowest BCUT2D eigenvalue weighted by Gasteiger charge is -2.14. The van der Waals surface area contributed by atoms with E-state index in [4.69, 9.17) is 9.84 Å². The lowest BCUT2D eigenvalue weighted by Crippen LogP contribution is -2.17. The number of carbonyl (C=O) groups excluding carboxylic acids is 1. The highest BCUT2D eigenvalue weighted by Crippen LogP contribution is 2.16. The van der Waals surface area contributed by atoms with E-state index < -0.39 is 5.97 Å². The molecule has 1 N–H and O–H groups in total. The number of aliphatic carboxylic acids is 1. The van der Waals surface area contributed by atoms with Gasteiger partial charge in [0, 0.05) is 6.42 Å². The Labute approximate surface area is 129 Å². The summed E-state index contributed by atoms with van der Waals surface area (Å²) in [7, 11) is 0. The van der Waals surface area contributed by atoms with Crippen LogP contribution < -0.4 is 0 Å². The fourth-order valence-corrected chi connectivity index (χ4v) is 2.33. The van der Waals surface area contributed by atoms with Gasteiger partial charge >= 0.3 is 11.9 Å². The molecule has 0 rings (SSSR count). The van der Waals surface area contributed by atoms with Gasteiger partial charge in [0.15, 0.2) is 0 Å². The number of carboxylic acids is 1. The van der Waals surface area contributed by atoms with Crippen molar-refractivity contribution in [3.63, 3.8) is 0 Å². The molecule has 4 nitrogen and oxygen atoms in total. The van der Waals surface area contributed by atoms with E-state index in [2.05, 4.69) is 6.92 Å². The molecule has 0 spiro atoms. The molecular weight excluding hydrogens is 268 g/mol. The molecule has 124 valence electrons. The number of hydrogen-bond donors (Lipinski definition) is 1. The Morgan fingerprint density at radius 3 is 2.24 bits per heavy atom. The molecule has 0 bridgehead atoms. The Hall–Kier alpha value is -1.06. The van der Waals surface area contributed by atoms with Gasteiger partial charge in [0.1, 0.15) is 0 Å². The molecule has 0 fully saturated rings. The summed E-state index contributed by atoms with van der Waals surface area (Å²) in [6.45, 7) is 4.73. The SMILES string of the molecule is CCCCCCOC(=O)C(CC)CCCCCCC(=O)O. The van der Waals surface area contributed by atoms with Gasteiger partial charge in [-0.05, 0) is 25.7 Å². The van der Waals surface area contributed by atoms with Gasteiger partial charge in [-0.3, -0.25) is 9.59 Å². The van der Waals surface area contributed by atoms with Crippen LogP contribution >= 0.6 is 0 Å². The minimum atomic E-state index is -0.729. The summed E-state index contributed by atoms with van der Waals surface area (Å²) in [6, 6.07) is 0. The third-order valence-electron chi connectivity index (χ3n) is 3.76. The highest BCUT2D eigenvalue weighted by atomic mass is 16.5. The van der Waals surface area contributed by atoms with Crippen LogP contribution in [0.25, 0.3) is 0 Å². The quantitative estimate of drug-likeness (QED) is 0.377. The summed E-state index contributed by atoms with van der Waals surface area (Å²) in [4.78, 5) is 22.3. The predicted octanol–water partition coefficient (Wildman–Crippen LogP) is 4.56. The molecule has 0 saturated heterocycles. The molecule has 0 saturated carbocycles. The first kappa shape index (κ1) is 19.9. The minimum Gasteiger partial charge on any atom is -0.481 e. The Morgan fingerprint density at radius 1 is 0.952 bits per heavy atom. The zero-order valence-corrected chi connectivity index (χ0v) is 13.7. The molecule has 0 aromatic carbocycles. The standard InChI is InChI=1S/C17H32O4/c1-3-5-6-11-14-21-17(20)15(4-2)12-9-7-8-10-13-16(18)19/h15H,3-14H2,1-2H3,(H,18,19). The van der Waals surface area contributed by atoms with E-state index in [1.807, 2.05) is 6.92 Å². The summed E-state index contributed by atoms with van der Waals surface area (Å²) in [6.07, 6.45) is 10.0. The van der Waals surface area contributed by atoms with Gasteiger partial charge in [0.05, 0.1) is 12.5 Å². The van der Waals surface area contributed by atoms with Crippen molar-refractivity contribution in [1.29, 1.82) is 0 Å². The molecular formula is C17H32O4. The van der Waals surface area contributed by atoms with E-state index in [0.717, 1.165) is 51.4 Å². The van der Waals surface area contributed by atoms with Crippen molar-refractivity contribution < 1.29 is 19.4 Å². The third kappa shape index (κ3) is 12.4. The summed E-state index contributed by atoms with van der Waals surface area (Å²) in [5.41, 5.74) is 0. The van der Waals surface area contributed by atoms with Gasteiger partial charge in [-0.25, -0.2) is 0 Å². The van der Waals surface area contributed by atoms with Crippen LogP contribution in [-0.4, -0.2) is 23.7 Å². The van der Waals surface area contributed by atoms with E-state index >= 15 is 0 Å². The van der Waals surface area contributed by atoms with E-state index in [0.29, 0.717) is 6.61 Å². The van der Waals surface area contributed by atoms with Crippen molar-refractivity contribution in [3.05, 3.63) is 0 Å². The largest absolute Gasteiger partial charge is 0.481 e. The average molecular weight is 300 g/mol. The van der Waals surface area contributed by atoms with Crippen LogP contribution in [-0.2, 0) is 14.3 Å². The molecule has 21 heavy (non-hydrogen) atoms. The minimum absolute atomic E-state index is 0.00986. The lowest BCUT2D eigenvalue weighted by molar-refractivity contribution is -0.149. The fourth-order valence-electron chi connectivity index (χ4n) is 2.33. The molecule has 0 amide bonds. The zero-order chi connectivity index (χ0) is 15.9. The molecule has 0 aromatic rings. The average Bonchev–Trinajstić information content (AvgIpc) is 2.45. The molecule has 4 heteroatoms. The van der Waals surface area contributed by atoms with Crippen molar-refractivity contribution >= 4 is 11.9 Å². The highest BCUT2D eigenvalue weighted by Gasteiger charge is 2.17. The number of ether oxygens (including phenoxy) is 1. The maximum atomic E-state index is 11.9. The van der Waals surface area contributed by atoms with Crippen molar-refractivity contribution in [3.8, 4) is 0 Å². The first-order valence-corrected chi connectivity index (χ1v) is 8.50. The second-order valence-corrected chi connectivity index (χ2v) is 5.68. The predicted molar refractivity (Wildman–Crippen MR) is 84.2 cm³/mol. The highest BCUT2D eigenvalue weighted by molar-refractivity contribution is 5.72.